The molecule has 0 fully saturated rings. The summed E-state index contributed by atoms with van der Waals surface area (Å²) >= 11 is 0. The molecule has 35 heavy (non-hydrogen) atoms. The molecule has 0 aliphatic carbocycles. The fraction of sp³-hybridized carbons (Fsp3) is 0.939. The van der Waals surface area contributed by atoms with E-state index >= 15 is 0 Å². The third kappa shape index (κ3) is 40.9. The molecule has 0 aliphatic heterocycles. The van der Waals surface area contributed by atoms with E-state index in [1.807, 2.05) is 0 Å². The topological polar surface area (TPSA) is 18.5 Å². The van der Waals surface area contributed by atoms with E-state index in [-0.39, 0.29) is 0 Å². The van der Waals surface area contributed by atoms with Gasteiger partial charge in [0.05, 0.1) is 12.9 Å². The Morgan fingerprint density at radius 3 is 0.914 bits per heavy atom. The average Bonchev–Trinajstić information content (AvgIpc) is 2.87. The van der Waals surface area contributed by atoms with Gasteiger partial charge in [0.25, 0.3) is 0 Å². The molecule has 0 atom stereocenters. The third-order valence-electron chi connectivity index (χ3n) is 6.77. The maximum Gasteiger partial charge on any atom is 0.0873 e. The van der Waals surface area contributed by atoms with Crippen molar-refractivity contribution in [2.75, 3.05) is 19.8 Å². The first-order valence-electron chi connectivity index (χ1n) is 16.1. The van der Waals surface area contributed by atoms with Crippen LogP contribution in [0.1, 0.15) is 181 Å². The Morgan fingerprint density at radius 1 is 0.371 bits per heavy atom. The summed E-state index contributed by atoms with van der Waals surface area (Å²) in [7, 11) is 0. The first-order valence-corrected chi connectivity index (χ1v) is 16.1. The molecule has 0 aromatic carbocycles. The Hall–Kier alpha value is -0.500. The minimum absolute atomic E-state index is 0.840. The lowest BCUT2D eigenvalue weighted by Gasteiger charge is -2.05. The van der Waals surface area contributed by atoms with Crippen molar-refractivity contribution >= 4 is 0 Å². The lowest BCUT2D eigenvalue weighted by molar-refractivity contribution is 0.125. The quantitative estimate of drug-likeness (QED) is 0.0757. The van der Waals surface area contributed by atoms with Gasteiger partial charge >= 0.3 is 0 Å². The molecule has 0 aromatic rings. The highest BCUT2D eigenvalue weighted by Crippen LogP contribution is 2.12. The van der Waals surface area contributed by atoms with Crippen LogP contribution in [0.25, 0.3) is 0 Å². The van der Waals surface area contributed by atoms with Crippen LogP contribution in [0, 0.1) is 0 Å². The van der Waals surface area contributed by atoms with E-state index in [0.29, 0.717) is 0 Å². The van der Waals surface area contributed by atoms with Gasteiger partial charge < -0.3 is 9.47 Å². The SMILES string of the molecule is C=COCCCCCCC.CCCCCCCCCCCCOCCCCCCCCCCCC. The van der Waals surface area contributed by atoms with E-state index in [9.17, 15) is 0 Å². The monoisotopic (exact) mass is 497 g/mol. The van der Waals surface area contributed by atoms with Crippen LogP contribution in [-0.4, -0.2) is 19.8 Å². The summed E-state index contributed by atoms with van der Waals surface area (Å²) < 4.78 is 10.8. The van der Waals surface area contributed by atoms with Gasteiger partial charge in [-0.1, -0.05) is 169 Å². The van der Waals surface area contributed by atoms with Crippen LogP contribution in [0.5, 0.6) is 0 Å². The summed E-state index contributed by atoms with van der Waals surface area (Å²) in [6.45, 7) is 13.1. The average molecular weight is 497 g/mol. The van der Waals surface area contributed by atoms with Crippen LogP contribution < -0.4 is 0 Å². The van der Waals surface area contributed by atoms with E-state index in [1.54, 1.807) is 0 Å². The maximum absolute atomic E-state index is 5.78. The highest BCUT2D eigenvalue weighted by Gasteiger charge is 1.95. The van der Waals surface area contributed by atoms with Crippen molar-refractivity contribution in [3.05, 3.63) is 12.8 Å². The Labute approximate surface area is 223 Å². The van der Waals surface area contributed by atoms with E-state index in [2.05, 4.69) is 27.4 Å². The van der Waals surface area contributed by atoms with Gasteiger partial charge in [-0.05, 0) is 19.3 Å². The van der Waals surface area contributed by atoms with E-state index in [4.69, 9.17) is 9.47 Å². The van der Waals surface area contributed by atoms with Gasteiger partial charge in [0.2, 0.25) is 0 Å². The Morgan fingerprint density at radius 2 is 0.629 bits per heavy atom. The normalized spacial score (nSPS) is 10.7. The molecule has 0 amide bonds. The van der Waals surface area contributed by atoms with Crippen molar-refractivity contribution in [1.82, 2.24) is 0 Å². The van der Waals surface area contributed by atoms with Crippen molar-refractivity contribution in [2.24, 2.45) is 0 Å². The van der Waals surface area contributed by atoms with Gasteiger partial charge in [-0.3, -0.25) is 0 Å². The second kappa shape index (κ2) is 38.0. The minimum Gasteiger partial charge on any atom is -0.502 e. The van der Waals surface area contributed by atoms with Gasteiger partial charge in [-0.15, -0.1) is 0 Å². The molecule has 212 valence electrons. The number of unbranched alkanes of at least 4 members (excludes halogenated alkanes) is 22. The van der Waals surface area contributed by atoms with Gasteiger partial charge in [-0.2, -0.15) is 0 Å². The van der Waals surface area contributed by atoms with E-state index in [1.165, 1.54) is 167 Å². The Kier molecular flexibility index (Phi) is 39.8. The maximum atomic E-state index is 5.78. The number of hydrogen-bond acceptors (Lipinski definition) is 2. The third-order valence-corrected chi connectivity index (χ3v) is 6.77. The predicted octanol–water partition coefficient (Wildman–Crippen LogP) is 12.0. The molecule has 0 spiro atoms. The zero-order valence-electron chi connectivity index (χ0n) is 24.9. The van der Waals surface area contributed by atoms with E-state index in [0.717, 1.165) is 19.8 Å². The van der Waals surface area contributed by atoms with Gasteiger partial charge in [0.1, 0.15) is 0 Å². The predicted molar refractivity (Wildman–Crippen MR) is 159 cm³/mol. The van der Waals surface area contributed by atoms with Crippen molar-refractivity contribution in [2.45, 2.75) is 181 Å². The van der Waals surface area contributed by atoms with E-state index < -0.39 is 0 Å². The number of hydrogen-bond donors (Lipinski definition) is 0. The van der Waals surface area contributed by atoms with Crippen LogP contribution in [0.4, 0.5) is 0 Å². The highest BCUT2D eigenvalue weighted by atomic mass is 16.5. The summed E-state index contributed by atoms with van der Waals surface area (Å²) in [4.78, 5) is 0. The summed E-state index contributed by atoms with van der Waals surface area (Å²) in [6.07, 6.45) is 36.1. The van der Waals surface area contributed by atoms with Gasteiger partial charge in [0.15, 0.2) is 0 Å². The molecule has 0 saturated heterocycles. The zero-order chi connectivity index (χ0) is 25.9. The first-order chi connectivity index (χ1) is 17.3. The Bertz CT molecular complexity index is 320. The van der Waals surface area contributed by atoms with Crippen molar-refractivity contribution in [3.63, 3.8) is 0 Å². The molecular weight excluding hydrogens is 428 g/mol. The molecule has 0 saturated carbocycles. The second-order valence-electron chi connectivity index (χ2n) is 10.4. The lowest BCUT2D eigenvalue weighted by atomic mass is 10.1. The summed E-state index contributed by atoms with van der Waals surface area (Å²) in [5.74, 6) is 0. The second-order valence-corrected chi connectivity index (χ2v) is 10.4. The van der Waals surface area contributed by atoms with Crippen molar-refractivity contribution in [3.8, 4) is 0 Å². The minimum atomic E-state index is 0.840. The molecule has 0 N–H and O–H groups in total. The molecule has 0 rings (SSSR count). The fourth-order valence-electron chi connectivity index (χ4n) is 4.36. The van der Waals surface area contributed by atoms with Gasteiger partial charge in [0, 0.05) is 13.2 Å². The molecule has 2 heteroatoms. The van der Waals surface area contributed by atoms with Crippen molar-refractivity contribution < 1.29 is 9.47 Å². The van der Waals surface area contributed by atoms with Crippen molar-refractivity contribution in [1.29, 1.82) is 0 Å². The van der Waals surface area contributed by atoms with Gasteiger partial charge in [-0.25, -0.2) is 0 Å². The molecule has 0 radical (unpaired) electrons. The van der Waals surface area contributed by atoms with Crippen LogP contribution >= 0.6 is 0 Å². The molecular formula is C33H68O2. The molecule has 0 unspecified atom stereocenters. The van der Waals surface area contributed by atoms with Crippen LogP contribution in [0.2, 0.25) is 0 Å². The zero-order valence-corrected chi connectivity index (χ0v) is 24.9. The largest absolute Gasteiger partial charge is 0.502 e. The molecule has 0 bridgehead atoms. The Balaban J connectivity index is 0. The summed E-state index contributed by atoms with van der Waals surface area (Å²) in [6, 6.07) is 0. The lowest BCUT2D eigenvalue weighted by Crippen LogP contribution is -1.97. The highest BCUT2D eigenvalue weighted by molar-refractivity contribution is 4.50. The van der Waals surface area contributed by atoms with Crippen LogP contribution in [-0.2, 0) is 9.47 Å². The number of ether oxygens (including phenoxy) is 2. The standard InChI is InChI=1S/C24H50O.C9H18O/c1-3-5-7-9-11-13-15-17-19-21-23-25-24-22-20-18-16-14-12-10-8-6-4-2;1-3-5-6-7-8-9-10-4-2/h3-24H2,1-2H3;4H,2-3,5-9H2,1H3. The molecule has 2 nitrogen and oxygen atoms in total. The van der Waals surface area contributed by atoms with Crippen LogP contribution in [0.15, 0.2) is 12.8 Å². The summed E-state index contributed by atoms with van der Waals surface area (Å²) in [5, 5.41) is 0. The smallest absolute Gasteiger partial charge is 0.0873 e. The fourth-order valence-corrected chi connectivity index (χ4v) is 4.36. The first kappa shape index (κ1) is 36.7. The molecule has 0 heterocycles. The summed E-state index contributed by atoms with van der Waals surface area (Å²) in [5.41, 5.74) is 0. The molecule has 0 aliphatic rings. The number of rotatable bonds is 29. The molecule has 0 aromatic heterocycles. The van der Waals surface area contributed by atoms with Crippen LogP contribution in [0.3, 0.4) is 0 Å².